The van der Waals surface area contributed by atoms with E-state index in [0.29, 0.717) is 5.56 Å². The molecule has 16 heavy (non-hydrogen) atoms. The molecule has 0 aliphatic heterocycles. The second-order valence-corrected chi connectivity index (χ2v) is 4.64. The summed E-state index contributed by atoms with van der Waals surface area (Å²) in [5.41, 5.74) is 1.38. The molecule has 6 heteroatoms. The average molecular weight is 239 g/mol. The molecular formula is C10H13N3O2S. The maximum absolute atomic E-state index is 10.9. The number of nitrogens with two attached hydrogens (primary N) is 1. The number of nitriles is 1. The van der Waals surface area contributed by atoms with Gasteiger partial charge in [-0.05, 0) is 18.1 Å². The van der Waals surface area contributed by atoms with Crippen molar-refractivity contribution in [1.82, 2.24) is 0 Å². The summed E-state index contributed by atoms with van der Waals surface area (Å²) in [6.45, 7) is 1.99. The highest BCUT2D eigenvalue weighted by Crippen LogP contribution is 2.20. The van der Waals surface area contributed by atoms with Gasteiger partial charge in [-0.25, -0.2) is 5.14 Å². The van der Waals surface area contributed by atoms with Crippen LogP contribution < -0.4 is 9.86 Å². The lowest BCUT2D eigenvalue weighted by molar-refractivity contribution is 0.603. The largest absolute Gasteiger partial charge is 0.296 e. The molecule has 0 aromatic heterocycles. The van der Waals surface area contributed by atoms with E-state index in [9.17, 15) is 8.42 Å². The Morgan fingerprint density at radius 3 is 2.69 bits per heavy atom. The van der Waals surface area contributed by atoms with Crippen molar-refractivity contribution in [2.24, 2.45) is 5.14 Å². The SMILES string of the molecule is CCCc1cccc(NS(N)(=O)=O)c1C#N. The highest BCUT2D eigenvalue weighted by molar-refractivity contribution is 7.90. The Hall–Kier alpha value is -1.58. The number of hydrogen-bond donors (Lipinski definition) is 2. The molecule has 0 aliphatic rings. The van der Waals surface area contributed by atoms with E-state index < -0.39 is 10.2 Å². The monoisotopic (exact) mass is 239 g/mol. The van der Waals surface area contributed by atoms with E-state index in [1.165, 1.54) is 6.07 Å². The molecule has 0 aliphatic carbocycles. The maximum atomic E-state index is 10.9. The molecule has 86 valence electrons. The maximum Gasteiger partial charge on any atom is 0.296 e. The molecule has 0 bridgehead atoms. The van der Waals surface area contributed by atoms with Crippen LogP contribution in [0.25, 0.3) is 0 Å². The number of nitrogens with one attached hydrogen (secondary N) is 1. The number of nitrogens with zero attached hydrogens (tertiary/aromatic N) is 1. The fraction of sp³-hybridized carbons (Fsp3) is 0.300. The van der Waals surface area contributed by atoms with Crippen LogP contribution in [0.15, 0.2) is 18.2 Å². The third-order valence-electron chi connectivity index (χ3n) is 2.03. The summed E-state index contributed by atoms with van der Waals surface area (Å²) in [5, 5.41) is 13.9. The summed E-state index contributed by atoms with van der Waals surface area (Å²) < 4.78 is 23.9. The van der Waals surface area contributed by atoms with Gasteiger partial charge in [0.25, 0.3) is 10.2 Å². The summed E-state index contributed by atoms with van der Waals surface area (Å²) in [6, 6.07) is 7.00. The normalized spacial score (nSPS) is 10.8. The fourth-order valence-corrected chi connectivity index (χ4v) is 1.92. The summed E-state index contributed by atoms with van der Waals surface area (Å²) in [6.07, 6.45) is 1.61. The third-order valence-corrected chi connectivity index (χ3v) is 2.54. The van der Waals surface area contributed by atoms with E-state index in [0.717, 1.165) is 18.4 Å². The van der Waals surface area contributed by atoms with Gasteiger partial charge in [0.05, 0.1) is 11.3 Å². The Kier molecular flexibility index (Phi) is 3.88. The van der Waals surface area contributed by atoms with Crippen molar-refractivity contribution < 1.29 is 8.42 Å². The van der Waals surface area contributed by atoms with Crippen LogP contribution in [0.5, 0.6) is 0 Å². The Labute approximate surface area is 95.1 Å². The van der Waals surface area contributed by atoms with Crippen molar-refractivity contribution in [1.29, 1.82) is 5.26 Å². The Balaban J connectivity index is 3.20. The lowest BCUT2D eigenvalue weighted by Crippen LogP contribution is -2.22. The topological polar surface area (TPSA) is 96.0 Å². The molecule has 1 aromatic rings. The molecule has 0 fully saturated rings. The Morgan fingerprint density at radius 1 is 1.50 bits per heavy atom. The van der Waals surface area contributed by atoms with E-state index in [4.69, 9.17) is 10.4 Å². The van der Waals surface area contributed by atoms with Gasteiger partial charge >= 0.3 is 0 Å². The van der Waals surface area contributed by atoms with Crippen molar-refractivity contribution in [2.45, 2.75) is 19.8 Å². The number of hydrogen-bond acceptors (Lipinski definition) is 3. The molecule has 0 saturated carbocycles. The van der Waals surface area contributed by atoms with Gasteiger partial charge in [-0.1, -0.05) is 25.5 Å². The van der Waals surface area contributed by atoms with Gasteiger partial charge in [-0.3, -0.25) is 4.72 Å². The van der Waals surface area contributed by atoms with Crippen LogP contribution >= 0.6 is 0 Å². The number of rotatable bonds is 4. The van der Waals surface area contributed by atoms with E-state index in [2.05, 4.69) is 4.72 Å². The van der Waals surface area contributed by atoms with Crippen LogP contribution in [-0.4, -0.2) is 8.42 Å². The molecule has 3 N–H and O–H groups in total. The van der Waals surface area contributed by atoms with Gasteiger partial charge in [0.1, 0.15) is 6.07 Å². The van der Waals surface area contributed by atoms with Crippen molar-refractivity contribution in [2.75, 3.05) is 4.72 Å². The highest BCUT2D eigenvalue weighted by Gasteiger charge is 2.10. The molecule has 0 unspecified atom stereocenters. The molecule has 1 aromatic carbocycles. The predicted octanol–water partition coefficient (Wildman–Crippen LogP) is 1.13. The van der Waals surface area contributed by atoms with Crippen LogP contribution in [0, 0.1) is 11.3 Å². The van der Waals surface area contributed by atoms with Gasteiger partial charge in [-0.2, -0.15) is 13.7 Å². The van der Waals surface area contributed by atoms with Gasteiger partial charge in [0, 0.05) is 0 Å². The van der Waals surface area contributed by atoms with E-state index in [-0.39, 0.29) is 5.69 Å². The standard InChI is InChI=1S/C10H13N3O2S/c1-2-4-8-5-3-6-10(9(8)7-11)13-16(12,14)15/h3,5-6,13H,2,4H2,1H3,(H2,12,14,15). The van der Waals surface area contributed by atoms with Crippen molar-refractivity contribution in [3.63, 3.8) is 0 Å². The van der Waals surface area contributed by atoms with Gasteiger partial charge in [0.15, 0.2) is 0 Å². The first kappa shape index (κ1) is 12.5. The Bertz CT molecular complexity index is 517. The van der Waals surface area contributed by atoms with Crippen LogP contribution in [0.1, 0.15) is 24.5 Å². The van der Waals surface area contributed by atoms with E-state index in [1.54, 1.807) is 12.1 Å². The smallest absolute Gasteiger partial charge is 0.270 e. The van der Waals surface area contributed by atoms with Gasteiger partial charge < -0.3 is 0 Å². The zero-order valence-electron chi connectivity index (χ0n) is 8.90. The molecule has 0 heterocycles. The second-order valence-electron chi connectivity index (χ2n) is 3.35. The quantitative estimate of drug-likeness (QED) is 0.824. The Morgan fingerprint density at radius 2 is 2.19 bits per heavy atom. The first-order valence-corrected chi connectivity index (χ1v) is 6.35. The molecule has 0 radical (unpaired) electrons. The number of anilines is 1. The number of benzene rings is 1. The molecule has 0 saturated heterocycles. The minimum absolute atomic E-state index is 0.232. The fourth-order valence-electron chi connectivity index (χ4n) is 1.45. The molecular weight excluding hydrogens is 226 g/mol. The molecule has 5 nitrogen and oxygen atoms in total. The lowest BCUT2D eigenvalue weighted by Gasteiger charge is -2.09. The van der Waals surface area contributed by atoms with Gasteiger partial charge in [0.2, 0.25) is 0 Å². The zero-order chi connectivity index (χ0) is 12.2. The summed E-state index contributed by atoms with van der Waals surface area (Å²) >= 11 is 0. The minimum Gasteiger partial charge on any atom is -0.270 e. The van der Waals surface area contributed by atoms with Crippen LogP contribution in [0.2, 0.25) is 0 Å². The molecule has 0 amide bonds. The van der Waals surface area contributed by atoms with E-state index in [1.807, 2.05) is 13.0 Å². The van der Waals surface area contributed by atoms with Crippen molar-refractivity contribution in [3.8, 4) is 6.07 Å². The van der Waals surface area contributed by atoms with E-state index >= 15 is 0 Å². The predicted molar refractivity (Wildman–Crippen MR) is 61.9 cm³/mol. The van der Waals surface area contributed by atoms with Crippen molar-refractivity contribution >= 4 is 15.9 Å². The average Bonchev–Trinajstić information content (AvgIpc) is 2.16. The first-order chi connectivity index (χ1) is 7.48. The molecule has 0 spiro atoms. The summed E-state index contributed by atoms with van der Waals surface area (Å²) in [4.78, 5) is 0. The first-order valence-electron chi connectivity index (χ1n) is 4.80. The molecule has 0 atom stereocenters. The third kappa shape index (κ3) is 3.22. The lowest BCUT2D eigenvalue weighted by atomic mass is 10.0. The minimum atomic E-state index is -3.84. The van der Waals surface area contributed by atoms with Crippen LogP contribution in [-0.2, 0) is 16.6 Å². The van der Waals surface area contributed by atoms with Gasteiger partial charge in [-0.15, -0.1) is 0 Å². The second kappa shape index (κ2) is 4.96. The summed E-state index contributed by atoms with van der Waals surface area (Å²) in [7, 11) is -3.84. The summed E-state index contributed by atoms with van der Waals surface area (Å²) in [5.74, 6) is 0. The van der Waals surface area contributed by atoms with Crippen LogP contribution in [0.3, 0.4) is 0 Å². The van der Waals surface area contributed by atoms with Crippen molar-refractivity contribution in [3.05, 3.63) is 29.3 Å². The number of aryl methyl sites for hydroxylation is 1. The highest BCUT2D eigenvalue weighted by atomic mass is 32.2. The molecule has 1 rings (SSSR count). The van der Waals surface area contributed by atoms with Crippen LogP contribution in [0.4, 0.5) is 5.69 Å². The zero-order valence-corrected chi connectivity index (χ0v) is 9.71.